The lowest BCUT2D eigenvalue weighted by atomic mass is 10.1. The van der Waals surface area contributed by atoms with E-state index in [2.05, 4.69) is 35.8 Å². The van der Waals surface area contributed by atoms with Crippen molar-refractivity contribution < 1.29 is 0 Å². The molecule has 0 radical (unpaired) electrons. The molecule has 2 N–H and O–H groups in total. The minimum absolute atomic E-state index is 0.887. The average Bonchev–Trinajstić information content (AvgIpc) is 2.06. The van der Waals surface area contributed by atoms with Gasteiger partial charge in [-0.3, -0.25) is 5.32 Å². The van der Waals surface area contributed by atoms with Crippen LogP contribution in [0.15, 0.2) is 18.2 Å². The van der Waals surface area contributed by atoms with E-state index in [9.17, 15) is 0 Å². The summed E-state index contributed by atoms with van der Waals surface area (Å²) in [6.45, 7) is 4.01. The lowest BCUT2D eigenvalue weighted by Crippen LogP contribution is -2.27. The molecular formula is C9H12N2. The van der Waals surface area contributed by atoms with Crippen LogP contribution >= 0.6 is 0 Å². The summed E-state index contributed by atoms with van der Waals surface area (Å²) in [5, 5.41) is 6.58. The molecule has 0 fully saturated rings. The van der Waals surface area contributed by atoms with Crippen LogP contribution in [0.5, 0.6) is 0 Å². The number of hydrogen-bond donors (Lipinski definition) is 2. The highest BCUT2D eigenvalue weighted by atomic mass is 15.1. The first-order chi connectivity index (χ1) is 5.38. The van der Waals surface area contributed by atoms with E-state index in [-0.39, 0.29) is 0 Å². The molecule has 0 amide bonds. The number of hydrogen-bond acceptors (Lipinski definition) is 2. The summed E-state index contributed by atoms with van der Waals surface area (Å²) in [6, 6.07) is 6.39. The largest absolute Gasteiger partial charge is 0.372 e. The Morgan fingerprint density at radius 1 is 1.36 bits per heavy atom. The van der Waals surface area contributed by atoms with E-state index in [0.717, 1.165) is 13.2 Å². The summed E-state index contributed by atoms with van der Waals surface area (Å²) < 4.78 is 0. The first kappa shape index (κ1) is 6.68. The van der Waals surface area contributed by atoms with Gasteiger partial charge in [0.2, 0.25) is 0 Å². The Labute approximate surface area is 66.6 Å². The zero-order chi connectivity index (χ0) is 7.68. The molecule has 2 nitrogen and oxygen atoms in total. The van der Waals surface area contributed by atoms with Crippen LogP contribution in [0.4, 0.5) is 5.69 Å². The van der Waals surface area contributed by atoms with Crippen molar-refractivity contribution in [1.29, 1.82) is 0 Å². The molecule has 0 spiro atoms. The number of anilines is 1. The van der Waals surface area contributed by atoms with Crippen molar-refractivity contribution in [3.8, 4) is 0 Å². The molecule has 2 rings (SSSR count). The smallest absolute Gasteiger partial charge is 0.0655 e. The standard InChI is InChI=1S/C9H12N2/c1-7-3-2-4-8-5-10-6-11-9(7)8/h2-4,10-11H,5-6H2,1H3. The molecule has 1 heterocycles. The molecule has 1 aliphatic rings. The lowest BCUT2D eigenvalue weighted by Gasteiger charge is -2.20. The van der Waals surface area contributed by atoms with Gasteiger partial charge in [-0.05, 0) is 18.1 Å². The highest BCUT2D eigenvalue weighted by molar-refractivity contribution is 5.58. The number of benzene rings is 1. The van der Waals surface area contributed by atoms with Gasteiger partial charge in [-0.1, -0.05) is 18.2 Å². The molecule has 0 saturated carbocycles. The van der Waals surface area contributed by atoms with Crippen molar-refractivity contribution in [2.75, 3.05) is 12.0 Å². The van der Waals surface area contributed by atoms with Gasteiger partial charge in [0.1, 0.15) is 0 Å². The molecule has 1 aromatic carbocycles. The minimum atomic E-state index is 0.887. The first-order valence-electron chi connectivity index (χ1n) is 3.91. The van der Waals surface area contributed by atoms with Gasteiger partial charge in [0.15, 0.2) is 0 Å². The Balaban J connectivity index is 2.49. The topological polar surface area (TPSA) is 24.1 Å². The molecule has 0 bridgehead atoms. The van der Waals surface area contributed by atoms with E-state index in [0.29, 0.717) is 0 Å². The maximum Gasteiger partial charge on any atom is 0.0655 e. The number of para-hydroxylation sites is 1. The Morgan fingerprint density at radius 2 is 2.27 bits per heavy atom. The van der Waals surface area contributed by atoms with Gasteiger partial charge in [-0.2, -0.15) is 0 Å². The third-order valence-corrected chi connectivity index (χ3v) is 2.06. The fourth-order valence-electron chi connectivity index (χ4n) is 1.48. The third kappa shape index (κ3) is 1.10. The molecule has 2 heteroatoms. The van der Waals surface area contributed by atoms with Gasteiger partial charge < -0.3 is 5.32 Å². The van der Waals surface area contributed by atoms with Crippen molar-refractivity contribution in [1.82, 2.24) is 5.32 Å². The third-order valence-electron chi connectivity index (χ3n) is 2.06. The van der Waals surface area contributed by atoms with Gasteiger partial charge in [-0.15, -0.1) is 0 Å². The molecule has 0 saturated heterocycles. The predicted molar refractivity (Wildman–Crippen MR) is 46.5 cm³/mol. The predicted octanol–water partition coefficient (Wildman–Crippen LogP) is 1.47. The second-order valence-corrected chi connectivity index (χ2v) is 2.89. The number of nitrogens with one attached hydrogen (secondary N) is 2. The fourth-order valence-corrected chi connectivity index (χ4v) is 1.48. The van der Waals surface area contributed by atoms with Crippen molar-refractivity contribution in [2.24, 2.45) is 0 Å². The molecule has 0 atom stereocenters. The quantitative estimate of drug-likeness (QED) is 0.582. The molecule has 58 valence electrons. The molecular weight excluding hydrogens is 136 g/mol. The number of fused-ring (bicyclic) bond motifs is 1. The highest BCUT2D eigenvalue weighted by Crippen LogP contribution is 2.21. The van der Waals surface area contributed by atoms with Gasteiger partial charge >= 0.3 is 0 Å². The maximum absolute atomic E-state index is 3.32. The van der Waals surface area contributed by atoms with Crippen LogP contribution in [0.1, 0.15) is 11.1 Å². The molecule has 0 unspecified atom stereocenters. The number of aryl methyl sites for hydroxylation is 1. The van der Waals surface area contributed by atoms with Crippen LogP contribution in [0.2, 0.25) is 0 Å². The van der Waals surface area contributed by atoms with E-state index in [1.807, 2.05) is 0 Å². The maximum atomic E-state index is 3.32. The van der Waals surface area contributed by atoms with Gasteiger partial charge in [-0.25, -0.2) is 0 Å². The van der Waals surface area contributed by atoms with Crippen LogP contribution in [0.3, 0.4) is 0 Å². The van der Waals surface area contributed by atoms with Crippen molar-refractivity contribution in [3.05, 3.63) is 29.3 Å². The van der Waals surface area contributed by atoms with Crippen molar-refractivity contribution >= 4 is 5.69 Å². The molecule has 1 aliphatic heterocycles. The minimum Gasteiger partial charge on any atom is -0.372 e. The van der Waals surface area contributed by atoms with Crippen molar-refractivity contribution in [2.45, 2.75) is 13.5 Å². The zero-order valence-corrected chi connectivity index (χ0v) is 6.65. The first-order valence-corrected chi connectivity index (χ1v) is 3.91. The monoisotopic (exact) mass is 148 g/mol. The van der Waals surface area contributed by atoms with E-state index in [1.54, 1.807) is 0 Å². The van der Waals surface area contributed by atoms with Crippen LogP contribution in [-0.4, -0.2) is 6.67 Å². The van der Waals surface area contributed by atoms with Crippen LogP contribution in [0.25, 0.3) is 0 Å². The van der Waals surface area contributed by atoms with E-state index in [4.69, 9.17) is 0 Å². The molecule has 1 aromatic rings. The Bertz CT molecular complexity index is 268. The second kappa shape index (κ2) is 2.55. The second-order valence-electron chi connectivity index (χ2n) is 2.89. The Kier molecular flexibility index (Phi) is 1.55. The molecule has 11 heavy (non-hydrogen) atoms. The van der Waals surface area contributed by atoms with Gasteiger partial charge in [0, 0.05) is 12.2 Å². The molecule has 0 aromatic heterocycles. The van der Waals surface area contributed by atoms with Gasteiger partial charge in [0.25, 0.3) is 0 Å². The summed E-state index contributed by atoms with van der Waals surface area (Å²) in [5.74, 6) is 0. The van der Waals surface area contributed by atoms with Crippen molar-refractivity contribution in [3.63, 3.8) is 0 Å². The average molecular weight is 148 g/mol. The highest BCUT2D eigenvalue weighted by Gasteiger charge is 2.07. The lowest BCUT2D eigenvalue weighted by molar-refractivity contribution is 0.708. The molecule has 0 aliphatic carbocycles. The normalized spacial score (nSPS) is 15.4. The Hall–Kier alpha value is -1.02. The number of rotatable bonds is 0. The zero-order valence-electron chi connectivity index (χ0n) is 6.65. The van der Waals surface area contributed by atoms with Crippen LogP contribution in [-0.2, 0) is 6.54 Å². The van der Waals surface area contributed by atoms with E-state index in [1.165, 1.54) is 16.8 Å². The summed E-state index contributed by atoms with van der Waals surface area (Å²) >= 11 is 0. The van der Waals surface area contributed by atoms with Crippen LogP contribution < -0.4 is 10.6 Å². The van der Waals surface area contributed by atoms with E-state index < -0.39 is 0 Å². The summed E-state index contributed by atoms with van der Waals surface area (Å²) in [5.41, 5.74) is 4.02. The summed E-state index contributed by atoms with van der Waals surface area (Å²) in [7, 11) is 0. The Morgan fingerprint density at radius 3 is 3.09 bits per heavy atom. The van der Waals surface area contributed by atoms with Gasteiger partial charge in [0.05, 0.1) is 6.67 Å². The van der Waals surface area contributed by atoms with Crippen LogP contribution in [0, 0.1) is 6.92 Å². The summed E-state index contributed by atoms with van der Waals surface area (Å²) in [4.78, 5) is 0. The van der Waals surface area contributed by atoms with E-state index >= 15 is 0 Å². The SMILES string of the molecule is Cc1cccc2c1NCNC2. The summed E-state index contributed by atoms with van der Waals surface area (Å²) in [6.07, 6.45) is 0. The fraction of sp³-hybridized carbons (Fsp3) is 0.333.